The second-order valence-corrected chi connectivity index (χ2v) is 4.92. The first-order valence-corrected chi connectivity index (χ1v) is 6.87. The van der Waals surface area contributed by atoms with Gasteiger partial charge < -0.3 is 10.1 Å². The molecule has 2 nitrogen and oxygen atoms in total. The Bertz CT molecular complexity index is 386. The normalized spacial score (nSPS) is 18.8. The van der Waals surface area contributed by atoms with Crippen LogP contribution in [0.15, 0.2) is 36.4 Å². The monoisotopic (exact) mass is 245 g/mol. The van der Waals surface area contributed by atoms with Crippen molar-refractivity contribution in [2.24, 2.45) is 5.92 Å². The Balaban J connectivity index is 1.70. The molecule has 1 unspecified atom stereocenters. The molecular weight excluding hydrogens is 222 g/mol. The summed E-state index contributed by atoms with van der Waals surface area (Å²) in [4.78, 5) is 0. The van der Waals surface area contributed by atoms with Gasteiger partial charge in [0.25, 0.3) is 0 Å². The quantitative estimate of drug-likeness (QED) is 0.614. The Hall–Kier alpha value is -1.28. The van der Waals surface area contributed by atoms with Crippen LogP contribution in [0.3, 0.4) is 0 Å². The molecule has 0 saturated carbocycles. The number of hydrogen-bond acceptors (Lipinski definition) is 2. The summed E-state index contributed by atoms with van der Waals surface area (Å²) in [6.45, 7) is 2.17. The van der Waals surface area contributed by atoms with E-state index in [1.807, 2.05) is 12.1 Å². The number of hydrogen-bond donors (Lipinski definition) is 1. The Morgan fingerprint density at radius 2 is 2.17 bits per heavy atom. The van der Waals surface area contributed by atoms with Crippen LogP contribution >= 0.6 is 0 Å². The highest BCUT2D eigenvalue weighted by Crippen LogP contribution is 2.18. The van der Waals surface area contributed by atoms with Crippen LogP contribution in [-0.2, 0) is 6.42 Å². The van der Waals surface area contributed by atoms with Crippen LogP contribution in [0.2, 0.25) is 0 Å². The minimum absolute atomic E-state index is 0.827. The first-order valence-electron chi connectivity index (χ1n) is 6.87. The molecule has 1 aromatic carbocycles. The van der Waals surface area contributed by atoms with E-state index < -0.39 is 0 Å². The lowest BCUT2D eigenvalue weighted by molar-refractivity contribution is 0.407. The maximum atomic E-state index is 5.36. The summed E-state index contributed by atoms with van der Waals surface area (Å²) in [6, 6.07) is 8.26. The van der Waals surface area contributed by atoms with Crippen molar-refractivity contribution >= 4 is 0 Å². The summed E-state index contributed by atoms with van der Waals surface area (Å²) in [5.74, 6) is 1.83. The predicted octanol–water partition coefficient (Wildman–Crippen LogP) is 3.18. The highest BCUT2D eigenvalue weighted by atomic mass is 16.5. The van der Waals surface area contributed by atoms with Gasteiger partial charge in [0.2, 0.25) is 0 Å². The molecule has 0 bridgehead atoms. The van der Waals surface area contributed by atoms with E-state index in [2.05, 4.69) is 29.6 Å². The molecule has 2 rings (SSSR count). The van der Waals surface area contributed by atoms with E-state index in [0.29, 0.717) is 0 Å². The number of nitrogens with one attached hydrogen (secondary N) is 1. The van der Waals surface area contributed by atoms with Gasteiger partial charge in [-0.25, -0.2) is 0 Å². The fourth-order valence-corrected chi connectivity index (χ4v) is 2.48. The lowest BCUT2D eigenvalue weighted by Crippen LogP contribution is -2.25. The van der Waals surface area contributed by atoms with Gasteiger partial charge >= 0.3 is 0 Å². The molecule has 1 aliphatic carbocycles. The molecular formula is C16H23NO. The SMILES string of the molecule is COc1ccccc1CCNCC1CC=CCC1. The zero-order chi connectivity index (χ0) is 12.6. The first kappa shape index (κ1) is 13.2. The van der Waals surface area contributed by atoms with Crippen LogP contribution in [0.5, 0.6) is 5.75 Å². The van der Waals surface area contributed by atoms with Crippen LogP contribution in [0.1, 0.15) is 24.8 Å². The molecule has 1 aliphatic rings. The van der Waals surface area contributed by atoms with Crippen molar-refractivity contribution in [1.82, 2.24) is 5.32 Å². The third-order valence-corrected chi connectivity index (χ3v) is 3.57. The number of allylic oxidation sites excluding steroid dienone is 2. The Morgan fingerprint density at radius 3 is 2.94 bits per heavy atom. The van der Waals surface area contributed by atoms with E-state index in [0.717, 1.165) is 31.2 Å². The van der Waals surface area contributed by atoms with Crippen LogP contribution in [0.25, 0.3) is 0 Å². The van der Waals surface area contributed by atoms with E-state index >= 15 is 0 Å². The summed E-state index contributed by atoms with van der Waals surface area (Å²) >= 11 is 0. The zero-order valence-electron chi connectivity index (χ0n) is 11.2. The molecule has 0 fully saturated rings. The van der Waals surface area contributed by atoms with Gasteiger partial charge in [0.15, 0.2) is 0 Å². The van der Waals surface area contributed by atoms with Gasteiger partial charge in [-0.1, -0.05) is 30.4 Å². The molecule has 0 radical (unpaired) electrons. The van der Waals surface area contributed by atoms with Crippen molar-refractivity contribution in [2.45, 2.75) is 25.7 Å². The fraction of sp³-hybridized carbons (Fsp3) is 0.500. The van der Waals surface area contributed by atoms with Crippen molar-refractivity contribution in [3.63, 3.8) is 0 Å². The second-order valence-electron chi connectivity index (χ2n) is 4.92. The van der Waals surface area contributed by atoms with E-state index in [1.165, 1.54) is 24.8 Å². The summed E-state index contributed by atoms with van der Waals surface area (Å²) in [5.41, 5.74) is 1.29. The smallest absolute Gasteiger partial charge is 0.122 e. The van der Waals surface area contributed by atoms with E-state index in [4.69, 9.17) is 4.74 Å². The molecule has 98 valence electrons. The number of ether oxygens (including phenoxy) is 1. The maximum absolute atomic E-state index is 5.36. The molecule has 1 N–H and O–H groups in total. The van der Waals surface area contributed by atoms with Gasteiger partial charge in [-0.2, -0.15) is 0 Å². The van der Waals surface area contributed by atoms with Gasteiger partial charge in [-0.3, -0.25) is 0 Å². The number of benzene rings is 1. The minimum atomic E-state index is 0.827. The van der Waals surface area contributed by atoms with Crippen molar-refractivity contribution in [3.8, 4) is 5.75 Å². The van der Waals surface area contributed by atoms with Gasteiger partial charge in [0, 0.05) is 0 Å². The number of rotatable bonds is 6. The molecule has 1 aromatic rings. The van der Waals surface area contributed by atoms with Crippen LogP contribution < -0.4 is 10.1 Å². The molecule has 0 saturated heterocycles. The summed E-state index contributed by atoms with van der Waals surface area (Å²) in [5, 5.41) is 3.57. The van der Waals surface area contributed by atoms with Crippen LogP contribution in [-0.4, -0.2) is 20.2 Å². The summed E-state index contributed by atoms with van der Waals surface area (Å²) < 4.78 is 5.36. The lowest BCUT2D eigenvalue weighted by Gasteiger charge is -2.18. The van der Waals surface area contributed by atoms with Gasteiger partial charge in [-0.05, 0) is 56.3 Å². The fourth-order valence-electron chi connectivity index (χ4n) is 2.48. The molecule has 2 heteroatoms. The van der Waals surface area contributed by atoms with E-state index in [-0.39, 0.29) is 0 Å². The van der Waals surface area contributed by atoms with Gasteiger partial charge in [0.05, 0.1) is 7.11 Å². The van der Waals surface area contributed by atoms with E-state index in [1.54, 1.807) is 7.11 Å². The second kappa shape index (κ2) is 7.22. The van der Waals surface area contributed by atoms with Crippen LogP contribution in [0, 0.1) is 5.92 Å². The topological polar surface area (TPSA) is 21.3 Å². The standard InChI is InChI=1S/C16H23NO/c1-18-16-10-6-5-9-15(16)11-12-17-13-14-7-3-2-4-8-14/h2-3,5-6,9-10,14,17H,4,7-8,11-13H2,1H3. The number of para-hydroxylation sites is 1. The molecule has 1 atom stereocenters. The highest BCUT2D eigenvalue weighted by molar-refractivity contribution is 5.33. The van der Waals surface area contributed by atoms with Crippen molar-refractivity contribution in [2.75, 3.05) is 20.2 Å². The maximum Gasteiger partial charge on any atom is 0.122 e. The Labute approximate surface area is 110 Å². The number of methoxy groups -OCH3 is 1. The average Bonchev–Trinajstić information content (AvgIpc) is 2.45. The Morgan fingerprint density at radius 1 is 1.28 bits per heavy atom. The zero-order valence-corrected chi connectivity index (χ0v) is 11.2. The summed E-state index contributed by atoms with van der Waals surface area (Å²) in [7, 11) is 1.74. The van der Waals surface area contributed by atoms with Crippen molar-refractivity contribution in [3.05, 3.63) is 42.0 Å². The molecule has 18 heavy (non-hydrogen) atoms. The highest BCUT2D eigenvalue weighted by Gasteiger charge is 2.09. The molecule has 0 aromatic heterocycles. The van der Waals surface area contributed by atoms with Gasteiger partial charge in [0.1, 0.15) is 5.75 Å². The van der Waals surface area contributed by atoms with Crippen LogP contribution in [0.4, 0.5) is 0 Å². The molecule has 0 heterocycles. The predicted molar refractivity (Wildman–Crippen MR) is 76.0 cm³/mol. The average molecular weight is 245 g/mol. The molecule has 0 amide bonds. The van der Waals surface area contributed by atoms with Gasteiger partial charge in [-0.15, -0.1) is 0 Å². The Kier molecular flexibility index (Phi) is 5.28. The third-order valence-electron chi connectivity index (χ3n) is 3.57. The lowest BCUT2D eigenvalue weighted by atomic mass is 9.94. The van der Waals surface area contributed by atoms with Crippen molar-refractivity contribution < 1.29 is 4.74 Å². The summed E-state index contributed by atoms with van der Waals surface area (Å²) in [6.07, 6.45) is 9.46. The first-order chi connectivity index (χ1) is 8.90. The van der Waals surface area contributed by atoms with Crippen molar-refractivity contribution in [1.29, 1.82) is 0 Å². The van der Waals surface area contributed by atoms with E-state index in [9.17, 15) is 0 Å². The largest absolute Gasteiger partial charge is 0.496 e. The minimum Gasteiger partial charge on any atom is -0.496 e. The third kappa shape index (κ3) is 3.88. The molecule has 0 spiro atoms. The molecule has 0 aliphatic heterocycles.